The van der Waals surface area contributed by atoms with Gasteiger partial charge in [-0.3, -0.25) is 0 Å². The SMILES string of the molecule is c1csc(CCNc2nccc3sccc23)n1. The lowest BCUT2D eigenvalue weighted by Gasteiger charge is -2.05. The predicted octanol–water partition coefficient (Wildman–Crippen LogP) is 3.41. The lowest BCUT2D eigenvalue weighted by Crippen LogP contribution is -2.06. The van der Waals surface area contributed by atoms with E-state index in [1.54, 1.807) is 22.7 Å². The summed E-state index contributed by atoms with van der Waals surface area (Å²) in [6.07, 6.45) is 4.64. The van der Waals surface area contributed by atoms with Gasteiger partial charge in [-0.15, -0.1) is 22.7 Å². The molecular formula is C12H11N3S2. The maximum absolute atomic E-state index is 4.38. The number of thiophene rings is 1. The second-order valence-electron chi connectivity index (χ2n) is 3.59. The van der Waals surface area contributed by atoms with E-state index in [0.717, 1.165) is 23.8 Å². The topological polar surface area (TPSA) is 37.8 Å². The highest BCUT2D eigenvalue weighted by atomic mass is 32.1. The van der Waals surface area contributed by atoms with E-state index >= 15 is 0 Å². The van der Waals surface area contributed by atoms with E-state index in [4.69, 9.17) is 0 Å². The van der Waals surface area contributed by atoms with Gasteiger partial charge in [-0.2, -0.15) is 0 Å². The lowest BCUT2D eigenvalue weighted by atomic mass is 10.3. The van der Waals surface area contributed by atoms with Gasteiger partial charge in [0.15, 0.2) is 0 Å². The van der Waals surface area contributed by atoms with Crippen molar-refractivity contribution < 1.29 is 0 Å². The summed E-state index contributed by atoms with van der Waals surface area (Å²) in [6.45, 7) is 0.871. The van der Waals surface area contributed by atoms with E-state index in [0.29, 0.717) is 0 Å². The molecular weight excluding hydrogens is 250 g/mol. The molecule has 3 rings (SSSR count). The summed E-state index contributed by atoms with van der Waals surface area (Å²) in [4.78, 5) is 8.64. The van der Waals surface area contributed by atoms with E-state index in [9.17, 15) is 0 Å². The monoisotopic (exact) mass is 261 g/mol. The van der Waals surface area contributed by atoms with Gasteiger partial charge < -0.3 is 5.32 Å². The lowest BCUT2D eigenvalue weighted by molar-refractivity contribution is 0.991. The maximum Gasteiger partial charge on any atom is 0.134 e. The molecule has 0 bridgehead atoms. The van der Waals surface area contributed by atoms with E-state index < -0.39 is 0 Å². The first kappa shape index (κ1) is 10.7. The van der Waals surface area contributed by atoms with Gasteiger partial charge in [-0.05, 0) is 17.5 Å². The zero-order valence-electron chi connectivity index (χ0n) is 9.09. The van der Waals surface area contributed by atoms with Gasteiger partial charge in [0.2, 0.25) is 0 Å². The van der Waals surface area contributed by atoms with Crippen molar-refractivity contribution in [3.8, 4) is 0 Å². The Morgan fingerprint density at radius 1 is 1.06 bits per heavy atom. The van der Waals surface area contributed by atoms with Crippen LogP contribution in [0.5, 0.6) is 0 Å². The Balaban J connectivity index is 1.70. The minimum absolute atomic E-state index is 0.871. The maximum atomic E-state index is 4.38. The van der Waals surface area contributed by atoms with Crippen LogP contribution in [0.15, 0.2) is 35.3 Å². The quantitative estimate of drug-likeness (QED) is 0.782. The first-order chi connectivity index (χ1) is 8.43. The highest BCUT2D eigenvalue weighted by molar-refractivity contribution is 7.17. The molecule has 86 valence electrons. The number of anilines is 1. The third-order valence-electron chi connectivity index (χ3n) is 2.49. The second-order valence-corrected chi connectivity index (χ2v) is 5.52. The Hall–Kier alpha value is -1.46. The molecule has 0 saturated heterocycles. The summed E-state index contributed by atoms with van der Waals surface area (Å²) in [5.74, 6) is 0.973. The Bertz CT molecular complexity index is 601. The van der Waals surface area contributed by atoms with Crippen LogP contribution in [0.3, 0.4) is 0 Å². The van der Waals surface area contributed by atoms with Crippen molar-refractivity contribution in [1.82, 2.24) is 9.97 Å². The van der Waals surface area contributed by atoms with Crippen LogP contribution in [0.2, 0.25) is 0 Å². The summed E-state index contributed by atoms with van der Waals surface area (Å²) in [6, 6.07) is 4.16. The van der Waals surface area contributed by atoms with Crippen molar-refractivity contribution in [2.24, 2.45) is 0 Å². The predicted molar refractivity (Wildman–Crippen MR) is 73.9 cm³/mol. The molecule has 0 aliphatic carbocycles. The molecule has 0 amide bonds. The van der Waals surface area contributed by atoms with Crippen LogP contribution in [0.25, 0.3) is 10.1 Å². The molecule has 17 heavy (non-hydrogen) atoms. The fourth-order valence-electron chi connectivity index (χ4n) is 1.70. The molecule has 3 aromatic rings. The minimum atomic E-state index is 0.871. The number of thiazole rings is 1. The molecule has 3 nitrogen and oxygen atoms in total. The molecule has 0 aliphatic rings. The summed E-state index contributed by atoms with van der Waals surface area (Å²) >= 11 is 3.44. The van der Waals surface area contributed by atoms with Crippen LogP contribution in [0.1, 0.15) is 5.01 Å². The van der Waals surface area contributed by atoms with Crippen LogP contribution in [-0.2, 0) is 6.42 Å². The smallest absolute Gasteiger partial charge is 0.134 e. The number of aromatic nitrogens is 2. The zero-order chi connectivity index (χ0) is 11.5. The van der Waals surface area contributed by atoms with E-state index in [1.807, 2.05) is 23.8 Å². The molecule has 0 unspecified atom stereocenters. The van der Waals surface area contributed by atoms with Crippen molar-refractivity contribution in [2.75, 3.05) is 11.9 Å². The van der Waals surface area contributed by atoms with Gasteiger partial charge in [-0.25, -0.2) is 9.97 Å². The number of nitrogens with zero attached hydrogens (tertiary/aromatic N) is 2. The van der Waals surface area contributed by atoms with Crippen LogP contribution < -0.4 is 5.32 Å². The van der Waals surface area contributed by atoms with E-state index in [1.165, 1.54) is 10.1 Å². The molecule has 0 aromatic carbocycles. The minimum Gasteiger partial charge on any atom is -0.369 e. The molecule has 0 fully saturated rings. The van der Waals surface area contributed by atoms with Crippen molar-refractivity contribution in [1.29, 1.82) is 0 Å². The fraction of sp³-hybridized carbons (Fsp3) is 0.167. The Morgan fingerprint density at radius 2 is 2.06 bits per heavy atom. The average molecular weight is 261 g/mol. The third-order valence-corrected chi connectivity index (χ3v) is 4.22. The van der Waals surface area contributed by atoms with Gasteiger partial charge in [0.1, 0.15) is 5.82 Å². The van der Waals surface area contributed by atoms with Crippen molar-refractivity contribution in [3.05, 3.63) is 40.3 Å². The largest absolute Gasteiger partial charge is 0.369 e. The zero-order valence-corrected chi connectivity index (χ0v) is 10.7. The summed E-state index contributed by atoms with van der Waals surface area (Å²) in [7, 11) is 0. The molecule has 0 spiro atoms. The number of pyridine rings is 1. The van der Waals surface area contributed by atoms with Crippen molar-refractivity contribution in [2.45, 2.75) is 6.42 Å². The summed E-state index contributed by atoms with van der Waals surface area (Å²) in [5.41, 5.74) is 0. The molecule has 0 saturated carbocycles. The van der Waals surface area contributed by atoms with E-state index in [2.05, 4.69) is 26.7 Å². The van der Waals surface area contributed by atoms with Crippen LogP contribution in [-0.4, -0.2) is 16.5 Å². The molecule has 0 radical (unpaired) electrons. The highest BCUT2D eigenvalue weighted by Crippen LogP contribution is 2.25. The Morgan fingerprint density at radius 3 is 2.94 bits per heavy atom. The van der Waals surface area contributed by atoms with Gasteiger partial charge >= 0.3 is 0 Å². The normalized spacial score (nSPS) is 10.8. The average Bonchev–Trinajstić information content (AvgIpc) is 2.99. The number of fused-ring (bicyclic) bond motifs is 1. The van der Waals surface area contributed by atoms with Crippen LogP contribution in [0, 0.1) is 0 Å². The Labute approximate surface area is 107 Å². The number of rotatable bonds is 4. The summed E-state index contributed by atoms with van der Waals surface area (Å²) < 4.78 is 1.27. The van der Waals surface area contributed by atoms with E-state index in [-0.39, 0.29) is 0 Å². The molecule has 0 atom stereocenters. The molecule has 1 N–H and O–H groups in total. The molecule has 3 aromatic heterocycles. The molecule has 3 heterocycles. The highest BCUT2D eigenvalue weighted by Gasteiger charge is 2.02. The van der Waals surface area contributed by atoms with Crippen LogP contribution >= 0.6 is 22.7 Å². The fourth-order valence-corrected chi connectivity index (χ4v) is 3.10. The van der Waals surface area contributed by atoms with Gasteiger partial charge in [-0.1, -0.05) is 0 Å². The Kier molecular flexibility index (Phi) is 3.02. The number of hydrogen-bond donors (Lipinski definition) is 1. The third kappa shape index (κ3) is 2.30. The standard InChI is InChI=1S/C12H11N3S2/c1-4-14-12(9-3-7-16-10(1)9)15-5-2-11-13-6-8-17-11/h1,3-4,6-8H,2,5H2,(H,14,15). The second kappa shape index (κ2) is 4.81. The summed E-state index contributed by atoms with van der Waals surface area (Å²) in [5, 5.41) is 9.84. The molecule has 5 heteroatoms. The van der Waals surface area contributed by atoms with Crippen molar-refractivity contribution in [3.63, 3.8) is 0 Å². The molecule has 0 aliphatic heterocycles. The van der Waals surface area contributed by atoms with Crippen molar-refractivity contribution >= 4 is 38.6 Å². The number of hydrogen-bond acceptors (Lipinski definition) is 5. The van der Waals surface area contributed by atoms with Gasteiger partial charge in [0.05, 0.1) is 5.01 Å². The first-order valence-corrected chi connectivity index (χ1v) is 7.14. The van der Waals surface area contributed by atoms with Crippen LogP contribution in [0.4, 0.5) is 5.82 Å². The van der Waals surface area contributed by atoms with Gasteiger partial charge in [0, 0.05) is 40.8 Å². The van der Waals surface area contributed by atoms with Gasteiger partial charge in [0.25, 0.3) is 0 Å². The first-order valence-electron chi connectivity index (χ1n) is 5.38. The number of nitrogens with one attached hydrogen (secondary N) is 1.